The van der Waals surface area contributed by atoms with Gasteiger partial charge in [-0.3, -0.25) is 19.0 Å². The van der Waals surface area contributed by atoms with Crippen LogP contribution in [0.3, 0.4) is 0 Å². The lowest BCUT2D eigenvalue weighted by Gasteiger charge is -2.17. The van der Waals surface area contributed by atoms with Crippen LogP contribution >= 0.6 is 0 Å². The number of aryl methyl sites for hydroxylation is 4. The minimum Gasteiger partial charge on any atom is -0.481 e. The van der Waals surface area contributed by atoms with Crippen LogP contribution < -0.4 is 5.32 Å². The molecule has 0 saturated heterocycles. The Kier molecular flexibility index (Phi) is 8.95. The number of carboxylic acids is 1. The third-order valence-electron chi connectivity index (χ3n) is 6.01. The van der Waals surface area contributed by atoms with Gasteiger partial charge in [-0.1, -0.05) is 42.0 Å². The van der Waals surface area contributed by atoms with Crippen molar-refractivity contribution in [2.45, 2.75) is 71.4 Å². The monoisotopic (exact) mass is 466 g/mol. The normalized spacial score (nSPS) is 12.0. The van der Waals surface area contributed by atoms with Gasteiger partial charge >= 0.3 is 5.97 Å². The second kappa shape index (κ2) is 12.1. The van der Waals surface area contributed by atoms with Gasteiger partial charge in [0.15, 0.2) is 0 Å². The van der Waals surface area contributed by atoms with Gasteiger partial charge < -0.3 is 10.4 Å². The summed E-state index contributed by atoms with van der Waals surface area (Å²) in [6.07, 6.45) is 6.10. The molecule has 0 bridgehead atoms. The molecule has 1 atom stereocenters. The number of benzene rings is 1. The topological polar surface area (TPSA) is 115 Å². The van der Waals surface area contributed by atoms with Crippen molar-refractivity contribution in [3.8, 4) is 11.3 Å². The van der Waals surface area contributed by atoms with Crippen LogP contribution in [-0.2, 0) is 29.6 Å². The van der Waals surface area contributed by atoms with E-state index in [-0.39, 0.29) is 18.4 Å². The number of amides is 1. The van der Waals surface area contributed by atoms with Gasteiger partial charge in [0.1, 0.15) is 5.69 Å². The van der Waals surface area contributed by atoms with E-state index in [2.05, 4.69) is 20.7 Å². The largest absolute Gasteiger partial charge is 0.481 e. The van der Waals surface area contributed by atoms with Gasteiger partial charge in [-0.15, -0.1) is 5.10 Å². The highest BCUT2D eigenvalue weighted by atomic mass is 16.4. The maximum Gasteiger partial charge on any atom is 0.305 e. The molecule has 0 radical (unpaired) electrons. The molecule has 2 N–H and O–H groups in total. The quantitative estimate of drug-likeness (QED) is 0.373. The minimum atomic E-state index is -0.901. The number of rotatable bonds is 13. The van der Waals surface area contributed by atoms with Crippen LogP contribution in [0.5, 0.6) is 0 Å². The molecule has 0 fully saturated rings. The summed E-state index contributed by atoms with van der Waals surface area (Å²) >= 11 is 0. The van der Waals surface area contributed by atoms with E-state index >= 15 is 0 Å². The highest BCUT2D eigenvalue weighted by molar-refractivity contribution is 5.77. The zero-order chi connectivity index (χ0) is 24.5. The Labute approximate surface area is 200 Å². The Morgan fingerprint density at radius 1 is 1.12 bits per heavy atom. The van der Waals surface area contributed by atoms with Crippen LogP contribution in [0.1, 0.15) is 55.5 Å². The molecule has 0 saturated carbocycles. The third-order valence-corrected chi connectivity index (χ3v) is 6.01. The molecule has 3 aromatic rings. The molecular weight excluding hydrogens is 432 g/mol. The second-order valence-electron chi connectivity index (χ2n) is 8.73. The minimum absolute atomic E-state index is 0.0664. The molecule has 0 spiro atoms. The van der Waals surface area contributed by atoms with E-state index < -0.39 is 5.97 Å². The molecule has 0 unspecified atom stereocenters. The Morgan fingerprint density at radius 2 is 1.88 bits per heavy atom. The number of carboxylic acid groups (broad SMARTS) is 1. The van der Waals surface area contributed by atoms with Gasteiger partial charge in [0.2, 0.25) is 5.91 Å². The number of unbranched alkanes of at least 4 members (excludes halogenated alkanes) is 2. The fourth-order valence-electron chi connectivity index (χ4n) is 4.12. The van der Waals surface area contributed by atoms with E-state index in [1.807, 2.05) is 66.8 Å². The van der Waals surface area contributed by atoms with Crippen LogP contribution in [-0.4, -0.2) is 47.8 Å². The van der Waals surface area contributed by atoms with Crippen molar-refractivity contribution in [3.63, 3.8) is 0 Å². The average Bonchev–Trinajstić information content (AvgIpc) is 3.35. The number of nitrogens with one attached hydrogen (secondary N) is 1. The molecule has 9 heteroatoms. The Hall–Kier alpha value is -3.49. The van der Waals surface area contributed by atoms with Gasteiger partial charge in [0, 0.05) is 37.3 Å². The molecule has 1 amide bonds. The molecule has 1 aromatic carbocycles. The van der Waals surface area contributed by atoms with E-state index in [0.717, 1.165) is 60.4 Å². The van der Waals surface area contributed by atoms with E-state index in [1.165, 1.54) is 0 Å². The third kappa shape index (κ3) is 7.26. The average molecular weight is 467 g/mol. The van der Waals surface area contributed by atoms with E-state index in [4.69, 9.17) is 0 Å². The Bertz CT molecular complexity index is 1090. The van der Waals surface area contributed by atoms with E-state index in [1.54, 1.807) is 0 Å². The van der Waals surface area contributed by atoms with Gasteiger partial charge in [0.25, 0.3) is 0 Å². The summed E-state index contributed by atoms with van der Waals surface area (Å²) in [5.41, 5.74) is 4.97. The zero-order valence-electron chi connectivity index (χ0n) is 20.2. The van der Waals surface area contributed by atoms with Gasteiger partial charge in [-0.25, -0.2) is 0 Å². The molecule has 2 aromatic heterocycles. The van der Waals surface area contributed by atoms with Gasteiger partial charge in [-0.05, 0) is 45.1 Å². The highest BCUT2D eigenvalue weighted by Crippen LogP contribution is 2.24. The maximum absolute atomic E-state index is 12.4. The number of aromatic nitrogens is 5. The van der Waals surface area contributed by atoms with Crippen molar-refractivity contribution >= 4 is 11.9 Å². The van der Waals surface area contributed by atoms with Gasteiger partial charge in [0.05, 0.1) is 18.3 Å². The van der Waals surface area contributed by atoms with Crippen LogP contribution in [0.4, 0.5) is 0 Å². The summed E-state index contributed by atoms with van der Waals surface area (Å²) in [6, 6.07) is 9.53. The van der Waals surface area contributed by atoms with Crippen LogP contribution in [0, 0.1) is 13.8 Å². The van der Waals surface area contributed by atoms with Gasteiger partial charge in [-0.2, -0.15) is 5.10 Å². The molecular formula is C25H34N6O3. The lowest BCUT2D eigenvalue weighted by Crippen LogP contribution is -2.36. The molecule has 34 heavy (non-hydrogen) atoms. The van der Waals surface area contributed by atoms with Crippen molar-refractivity contribution in [2.75, 3.05) is 0 Å². The lowest BCUT2D eigenvalue weighted by molar-refractivity contribution is -0.137. The van der Waals surface area contributed by atoms with Crippen molar-refractivity contribution in [1.82, 2.24) is 30.1 Å². The summed E-state index contributed by atoms with van der Waals surface area (Å²) < 4.78 is 3.67. The van der Waals surface area contributed by atoms with Crippen molar-refractivity contribution in [2.24, 2.45) is 7.05 Å². The summed E-state index contributed by atoms with van der Waals surface area (Å²) in [4.78, 5) is 23.6. The molecule has 9 nitrogen and oxygen atoms in total. The summed E-state index contributed by atoms with van der Waals surface area (Å²) in [5, 5.41) is 25.0. The van der Waals surface area contributed by atoms with Crippen LogP contribution in [0.25, 0.3) is 11.3 Å². The first kappa shape index (κ1) is 25.1. The fourth-order valence-corrected chi connectivity index (χ4v) is 4.12. The first-order chi connectivity index (χ1) is 16.3. The fraction of sp³-hybridized carbons (Fsp3) is 0.480. The summed E-state index contributed by atoms with van der Waals surface area (Å²) in [6.45, 7) is 4.71. The molecule has 0 aliphatic carbocycles. The predicted molar refractivity (Wildman–Crippen MR) is 129 cm³/mol. The standard InChI is InChI=1S/C25H34N6O3/c1-18-25(19(2)30(3)28-18)22-17-31(29-27-22)15-9-5-8-12-23(32)26-21(16-24(33)34)14-13-20-10-6-4-7-11-20/h4,6-7,10-11,17,21H,5,8-9,12-16H2,1-3H3,(H,26,32)(H,33,34)/t21-/m1/s1. The number of carbonyl (C=O) groups is 2. The van der Waals surface area contributed by atoms with Crippen LogP contribution in [0.2, 0.25) is 0 Å². The summed E-state index contributed by atoms with van der Waals surface area (Å²) in [7, 11) is 1.92. The van der Waals surface area contributed by atoms with Crippen molar-refractivity contribution in [1.29, 1.82) is 0 Å². The van der Waals surface area contributed by atoms with Crippen molar-refractivity contribution < 1.29 is 14.7 Å². The second-order valence-corrected chi connectivity index (χ2v) is 8.73. The molecule has 0 aliphatic heterocycles. The number of aliphatic carboxylic acids is 1. The molecule has 2 heterocycles. The number of hydrogen-bond acceptors (Lipinski definition) is 5. The molecule has 0 aliphatic rings. The number of hydrogen-bond donors (Lipinski definition) is 2. The van der Waals surface area contributed by atoms with Crippen LogP contribution in [0.15, 0.2) is 36.5 Å². The zero-order valence-corrected chi connectivity index (χ0v) is 20.2. The van der Waals surface area contributed by atoms with E-state index in [0.29, 0.717) is 12.8 Å². The molecule has 182 valence electrons. The van der Waals surface area contributed by atoms with Crippen molar-refractivity contribution in [3.05, 3.63) is 53.5 Å². The van der Waals surface area contributed by atoms with E-state index in [9.17, 15) is 14.7 Å². The molecule has 3 rings (SSSR count). The lowest BCUT2D eigenvalue weighted by atomic mass is 10.0. The SMILES string of the molecule is Cc1nn(C)c(C)c1-c1cn(CCCCCC(=O)N[C@H](CCc2ccccc2)CC(=O)O)nn1. The summed E-state index contributed by atoms with van der Waals surface area (Å²) in [5.74, 6) is -0.993. The predicted octanol–water partition coefficient (Wildman–Crippen LogP) is 3.45. The number of carbonyl (C=O) groups excluding carboxylic acids is 1. The highest BCUT2D eigenvalue weighted by Gasteiger charge is 2.17. The first-order valence-corrected chi connectivity index (χ1v) is 11.8. The Morgan fingerprint density at radius 3 is 2.56 bits per heavy atom. The number of nitrogens with zero attached hydrogens (tertiary/aromatic N) is 5. The Balaban J connectivity index is 1.38. The first-order valence-electron chi connectivity index (χ1n) is 11.8. The smallest absolute Gasteiger partial charge is 0.305 e. The maximum atomic E-state index is 12.4.